The Labute approximate surface area is 151 Å². The minimum absolute atomic E-state index is 0.0824. The number of nitrogens with one attached hydrogen (secondary N) is 1. The Morgan fingerprint density at radius 1 is 1.12 bits per heavy atom. The van der Waals surface area contributed by atoms with E-state index in [0.717, 1.165) is 12.1 Å². The van der Waals surface area contributed by atoms with Crippen LogP contribution in [0, 0.1) is 17.5 Å². The van der Waals surface area contributed by atoms with Gasteiger partial charge >= 0.3 is 0 Å². The molecule has 4 nitrogen and oxygen atoms in total. The number of amides is 1. The third-order valence-electron chi connectivity index (χ3n) is 3.57. The summed E-state index contributed by atoms with van der Waals surface area (Å²) >= 11 is 6.08. The zero-order chi connectivity index (χ0) is 18.7. The molecule has 134 valence electrons. The van der Waals surface area contributed by atoms with E-state index >= 15 is 0 Å². The first-order valence-corrected chi connectivity index (χ1v) is 7.96. The van der Waals surface area contributed by atoms with Crippen LogP contribution < -0.4 is 5.32 Å². The molecule has 0 aliphatic carbocycles. The first-order chi connectivity index (χ1) is 12.5. The van der Waals surface area contributed by atoms with Gasteiger partial charge in [0.25, 0.3) is 0 Å². The Bertz CT molecular complexity index is 959. The molecular formula is C18H12ClF3N2O2. The van der Waals surface area contributed by atoms with Crippen LogP contribution in [0.2, 0.25) is 5.02 Å². The smallest absolute Gasteiger partial charge is 0.224 e. The first-order valence-electron chi connectivity index (χ1n) is 7.58. The van der Waals surface area contributed by atoms with Gasteiger partial charge in [-0.05, 0) is 24.3 Å². The number of halogens is 4. The Kier molecular flexibility index (Phi) is 5.27. The quantitative estimate of drug-likeness (QED) is 0.635. The lowest BCUT2D eigenvalue weighted by atomic mass is 10.2. The number of carbonyl (C=O) groups excluding carboxylic acids is 1. The van der Waals surface area contributed by atoms with Crippen LogP contribution in [0.3, 0.4) is 0 Å². The van der Waals surface area contributed by atoms with Crippen LogP contribution in [-0.4, -0.2) is 10.9 Å². The number of aromatic nitrogens is 1. The van der Waals surface area contributed by atoms with Gasteiger partial charge in [0.15, 0.2) is 29.1 Å². The van der Waals surface area contributed by atoms with Gasteiger partial charge in [0.2, 0.25) is 5.91 Å². The van der Waals surface area contributed by atoms with Crippen LogP contribution in [0.1, 0.15) is 12.3 Å². The fourth-order valence-electron chi connectivity index (χ4n) is 2.27. The van der Waals surface area contributed by atoms with Crippen molar-refractivity contribution in [1.82, 2.24) is 4.98 Å². The molecule has 0 saturated heterocycles. The number of nitrogens with zero attached hydrogens (tertiary/aromatic N) is 1. The molecule has 0 fully saturated rings. The van der Waals surface area contributed by atoms with E-state index in [-0.39, 0.29) is 12.8 Å². The van der Waals surface area contributed by atoms with Gasteiger partial charge in [0.05, 0.1) is 16.9 Å². The van der Waals surface area contributed by atoms with E-state index in [1.54, 1.807) is 24.3 Å². The van der Waals surface area contributed by atoms with Gasteiger partial charge in [-0.25, -0.2) is 18.2 Å². The molecule has 3 aromatic rings. The Morgan fingerprint density at radius 2 is 1.88 bits per heavy atom. The third kappa shape index (κ3) is 3.88. The predicted molar refractivity (Wildman–Crippen MR) is 90.2 cm³/mol. The number of hydrogen-bond acceptors (Lipinski definition) is 3. The molecule has 0 aliphatic heterocycles. The van der Waals surface area contributed by atoms with E-state index in [1.165, 1.54) is 6.20 Å². The monoisotopic (exact) mass is 380 g/mol. The van der Waals surface area contributed by atoms with Crippen molar-refractivity contribution in [2.24, 2.45) is 0 Å². The molecule has 0 aliphatic rings. The molecule has 0 atom stereocenters. The zero-order valence-electron chi connectivity index (χ0n) is 13.2. The molecule has 0 unspecified atom stereocenters. The summed E-state index contributed by atoms with van der Waals surface area (Å²) in [5.74, 6) is -4.26. The molecule has 0 saturated carbocycles. The average molecular weight is 381 g/mol. The van der Waals surface area contributed by atoms with Crippen LogP contribution in [0.4, 0.5) is 18.9 Å². The predicted octanol–water partition coefficient (Wildman–Crippen LogP) is 4.98. The maximum absolute atomic E-state index is 13.5. The van der Waals surface area contributed by atoms with Crippen molar-refractivity contribution in [2.75, 3.05) is 5.32 Å². The Hall–Kier alpha value is -2.80. The standard InChI is InChI=1S/C18H12ClF3N2O2/c19-11-4-2-1-3-10(11)14-9-23-16(26-14)8-7-15(25)24-13-6-5-12(20)17(21)18(13)22/h1-6,9H,7-8H2,(H,24,25). The van der Waals surface area contributed by atoms with Gasteiger partial charge in [-0.2, -0.15) is 0 Å². The van der Waals surface area contributed by atoms with Crippen LogP contribution in [-0.2, 0) is 11.2 Å². The summed E-state index contributed by atoms with van der Waals surface area (Å²) in [7, 11) is 0. The summed E-state index contributed by atoms with van der Waals surface area (Å²) in [5.41, 5.74) is 0.235. The molecule has 8 heteroatoms. The van der Waals surface area contributed by atoms with Crippen molar-refractivity contribution >= 4 is 23.2 Å². The largest absolute Gasteiger partial charge is 0.441 e. The number of benzene rings is 2. The molecular weight excluding hydrogens is 369 g/mol. The molecule has 0 spiro atoms. The van der Waals surface area contributed by atoms with Gasteiger partial charge in [-0.1, -0.05) is 23.7 Å². The normalized spacial score (nSPS) is 10.8. The number of rotatable bonds is 5. The van der Waals surface area contributed by atoms with Crippen LogP contribution >= 0.6 is 11.6 Å². The van der Waals surface area contributed by atoms with E-state index in [1.807, 2.05) is 0 Å². The minimum atomic E-state index is -1.64. The lowest BCUT2D eigenvalue weighted by molar-refractivity contribution is -0.116. The maximum Gasteiger partial charge on any atom is 0.224 e. The van der Waals surface area contributed by atoms with Gasteiger partial charge < -0.3 is 9.73 Å². The van der Waals surface area contributed by atoms with Crippen molar-refractivity contribution in [1.29, 1.82) is 0 Å². The number of hydrogen-bond donors (Lipinski definition) is 1. The highest BCUT2D eigenvalue weighted by Gasteiger charge is 2.16. The molecule has 0 bridgehead atoms. The third-order valence-corrected chi connectivity index (χ3v) is 3.90. The summed E-state index contributed by atoms with van der Waals surface area (Å²) in [4.78, 5) is 15.9. The molecule has 1 aromatic heterocycles. The second-order valence-corrected chi connectivity index (χ2v) is 5.78. The van der Waals surface area contributed by atoms with E-state index in [0.29, 0.717) is 22.2 Å². The highest BCUT2D eigenvalue weighted by molar-refractivity contribution is 6.33. The summed E-state index contributed by atoms with van der Waals surface area (Å²) < 4.78 is 45.1. The minimum Gasteiger partial charge on any atom is -0.441 e. The van der Waals surface area contributed by atoms with E-state index in [4.69, 9.17) is 16.0 Å². The first kappa shape index (κ1) is 18.0. The molecule has 3 rings (SSSR count). The number of carbonyl (C=O) groups is 1. The topological polar surface area (TPSA) is 55.1 Å². The Balaban J connectivity index is 1.62. The molecule has 0 radical (unpaired) electrons. The summed E-state index contributed by atoms with van der Waals surface area (Å²) in [6.45, 7) is 0. The van der Waals surface area contributed by atoms with Crippen LogP contribution in [0.15, 0.2) is 47.0 Å². The highest BCUT2D eigenvalue weighted by atomic mass is 35.5. The van der Waals surface area contributed by atoms with Gasteiger partial charge in [-0.15, -0.1) is 0 Å². The van der Waals surface area contributed by atoms with Crippen LogP contribution in [0.5, 0.6) is 0 Å². The number of aryl methyl sites for hydroxylation is 1. The van der Waals surface area contributed by atoms with E-state index in [2.05, 4.69) is 10.3 Å². The van der Waals surface area contributed by atoms with Crippen molar-refractivity contribution in [3.63, 3.8) is 0 Å². The molecule has 1 amide bonds. The summed E-state index contributed by atoms with van der Waals surface area (Å²) in [5, 5.41) is 2.69. The number of anilines is 1. The lowest BCUT2D eigenvalue weighted by Gasteiger charge is -2.06. The summed E-state index contributed by atoms with van der Waals surface area (Å²) in [6.07, 6.45) is 1.55. The maximum atomic E-state index is 13.5. The SMILES string of the molecule is O=C(CCc1ncc(-c2ccccc2Cl)o1)Nc1ccc(F)c(F)c1F. The number of oxazole rings is 1. The van der Waals surface area contributed by atoms with E-state index in [9.17, 15) is 18.0 Å². The lowest BCUT2D eigenvalue weighted by Crippen LogP contribution is -2.14. The zero-order valence-corrected chi connectivity index (χ0v) is 14.0. The van der Waals surface area contributed by atoms with Crippen molar-refractivity contribution in [3.8, 4) is 11.3 Å². The van der Waals surface area contributed by atoms with Crippen molar-refractivity contribution < 1.29 is 22.4 Å². The van der Waals surface area contributed by atoms with Gasteiger partial charge in [0, 0.05) is 18.4 Å². The fraction of sp³-hybridized carbons (Fsp3) is 0.111. The second kappa shape index (κ2) is 7.61. The molecule has 1 heterocycles. The molecule has 1 N–H and O–H groups in total. The second-order valence-electron chi connectivity index (χ2n) is 5.37. The Morgan fingerprint density at radius 3 is 2.65 bits per heavy atom. The van der Waals surface area contributed by atoms with E-state index < -0.39 is 29.0 Å². The van der Waals surface area contributed by atoms with Crippen LogP contribution in [0.25, 0.3) is 11.3 Å². The molecule has 26 heavy (non-hydrogen) atoms. The van der Waals surface area contributed by atoms with Gasteiger partial charge in [-0.3, -0.25) is 4.79 Å². The molecule has 2 aromatic carbocycles. The van der Waals surface area contributed by atoms with Gasteiger partial charge in [0.1, 0.15) is 0 Å². The average Bonchev–Trinajstić information content (AvgIpc) is 3.10. The van der Waals surface area contributed by atoms with Crippen molar-refractivity contribution in [3.05, 3.63) is 71.0 Å². The van der Waals surface area contributed by atoms with Crippen molar-refractivity contribution in [2.45, 2.75) is 12.8 Å². The summed E-state index contributed by atoms with van der Waals surface area (Å²) in [6, 6.07) is 8.75. The highest BCUT2D eigenvalue weighted by Crippen LogP contribution is 2.28. The fourth-order valence-corrected chi connectivity index (χ4v) is 2.50.